The molecular weight excluding hydrogens is 382 g/mol. The Morgan fingerprint density at radius 3 is 2.66 bits per heavy atom. The van der Waals surface area contributed by atoms with Crippen molar-refractivity contribution in [2.75, 3.05) is 18.8 Å². The molecule has 3 N–H and O–H groups in total. The molecule has 146 valence electrons. The summed E-state index contributed by atoms with van der Waals surface area (Å²) in [4.78, 5) is 27.0. The van der Waals surface area contributed by atoms with E-state index in [0.29, 0.717) is 23.8 Å². The van der Waals surface area contributed by atoms with E-state index in [2.05, 4.69) is 44.6 Å². The van der Waals surface area contributed by atoms with Crippen LogP contribution in [0.2, 0.25) is 0 Å². The summed E-state index contributed by atoms with van der Waals surface area (Å²) in [6.45, 7) is 1.35. The monoisotopic (exact) mass is 403 g/mol. The maximum Gasteiger partial charge on any atom is 0.253 e. The number of nitrogen functional groups attached to an aromatic ring is 1. The summed E-state index contributed by atoms with van der Waals surface area (Å²) in [5.41, 5.74) is 10.4. The highest BCUT2D eigenvalue weighted by Crippen LogP contribution is 2.42. The molecule has 0 aliphatic carbocycles. The fourth-order valence-electron chi connectivity index (χ4n) is 4.30. The van der Waals surface area contributed by atoms with Gasteiger partial charge in [-0.3, -0.25) is 4.79 Å². The van der Waals surface area contributed by atoms with Crippen LogP contribution in [-0.2, 0) is 5.41 Å². The van der Waals surface area contributed by atoms with E-state index in [4.69, 9.17) is 5.73 Å². The first kappa shape index (κ1) is 17.9. The molecular formula is C22H21N5OS. The third-order valence-electron chi connectivity index (χ3n) is 5.91. The van der Waals surface area contributed by atoms with E-state index in [1.54, 1.807) is 6.33 Å². The molecule has 0 bridgehead atoms. The van der Waals surface area contributed by atoms with Crippen LogP contribution in [-0.4, -0.2) is 38.8 Å². The molecule has 4 aromatic rings. The number of piperidine rings is 1. The van der Waals surface area contributed by atoms with Crippen molar-refractivity contribution < 1.29 is 4.79 Å². The SMILES string of the molecule is Nc1nc(C2(c3ccccc3)CCN(C(=O)c3ccc4nc[nH]c4c3)CC2)cs1. The molecule has 1 saturated heterocycles. The maximum absolute atomic E-state index is 13.1. The predicted molar refractivity (Wildman–Crippen MR) is 115 cm³/mol. The molecule has 1 aliphatic heterocycles. The molecule has 0 atom stereocenters. The molecule has 6 nitrogen and oxygen atoms in total. The Bertz CT molecular complexity index is 1160. The van der Waals surface area contributed by atoms with Gasteiger partial charge in [0.25, 0.3) is 5.91 Å². The number of hydrogen-bond donors (Lipinski definition) is 2. The number of imidazole rings is 1. The summed E-state index contributed by atoms with van der Waals surface area (Å²) >= 11 is 1.47. The number of likely N-dealkylation sites (tertiary alicyclic amines) is 1. The number of nitrogens with one attached hydrogen (secondary N) is 1. The van der Waals surface area contributed by atoms with E-state index in [1.165, 1.54) is 16.9 Å². The molecule has 1 amide bonds. The van der Waals surface area contributed by atoms with Crippen LogP contribution in [0.1, 0.15) is 34.5 Å². The number of thiazole rings is 1. The molecule has 0 saturated carbocycles. The molecule has 1 fully saturated rings. The van der Waals surface area contributed by atoms with E-state index < -0.39 is 0 Å². The van der Waals surface area contributed by atoms with Crippen LogP contribution < -0.4 is 5.73 Å². The molecule has 7 heteroatoms. The minimum Gasteiger partial charge on any atom is -0.375 e. The molecule has 1 aliphatic rings. The minimum atomic E-state index is -0.209. The van der Waals surface area contributed by atoms with Gasteiger partial charge in [0, 0.05) is 29.4 Å². The van der Waals surface area contributed by atoms with Crippen molar-refractivity contribution in [2.24, 2.45) is 0 Å². The van der Waals surface area contributed by atoms with Crippen molar-refractivity contribution in [3.8, 4) is 0 Å². The van der Waals surface area contributed by atoms with Crippen molar-refractivity contribution in [1.29, 1.82) is 0 Å². The van der Waals surface area contributed by atoms with Gasteiger partial charge < -0.3 is 15.6 Å². The number of carbonyl (C=O) groups excluding carboxylic acids is 1. The zero-order valence-corrected chi connectivity index (χ0v) is 16.7. The highest BCUT2D eigenvalue weighted by molar-refractivity contribution is 7.13. The summed E-state index contributed by atoms with van der Waals surface area (Å²) in [7, 11) is 0. The molecule has 3 heterocycles. The number of rotatable bonds is 3. The standard InChI is InChI=1S/C22H21N5OS/c23-21-26-19(13-29-21)22(16-4-2-1-3-5-16)8-10-27(11-9-22)20(28)15-6-7-17-18(12-15)25-14-24-17/h1-7,12-14H,8-11H2,(H2,23,26)(H,24,25). The zero-order valence-electron chi connectivity index (χ0n) is 15.8. The summed E-state index contributed by atoms with van der Waals surface area (Å²) < 4.78 is 0. The summed E-state index contributed by atoms with van der Waals surface area (Å²) in [5, 5.41) is 2.65. The van der Waals surface area contributed by atoms with Crippen LogP contribution in [0.3, 0.4) is 0 Å². The largest absolute Gasteiger partial charge is 0.375 e. The Morgan fingerprint density at radius 2 is 1.93 bits per heavy atom. The number of hydrogen-bond acceptors (Lipinski definition) is 5. The molecule has 29 heavy (non-hydrogen) atoms. The second kappa shape index (κ2) is 7.00. The Morgan fingerprint density at radius 1 is 1.14 bits per heavy atom. The Hall–Kier alpha value is -3.19. The second-order valence-corrected chi connectivity index (χ2v) is 8.34. The third kappa shape index (κ3) is 3.07. The van der Waals surface area contributed by atoms with Crippen LogP contribution in [0, 0.1) is 0 Å². The number of aromatic nitrogens is 3. The first-order valence-corrected chi connectivity index (χ1v) is 10.5. The van der Waals surface area contributed by atoms with Gasteiger partial charge >= 0.3 is 0 Å². The van der Waals surface area contributed by atoms with Crippen LogP contribution >= 0.6 is 11.3 Å². The fourth-order valence-corrected chi connectivity index (χ4v) is 4.96. The predicted octanol–water partition coefficient (Wildman–Crippen LogP) is 3.82. The van der Waals surface area contributed by atoms with E-state index in [9.17, 15) is 4.79 Å². The number of nitrogens with two attached hydrogens (primary N) is 1. The minimum absolute atomic E-state index is 0.0564. The molecule has 2 aromatic carbocycles. The van der Waals surface area contributed by atoms with Crippen LogP contribution in [0.15, 0.2) is 60.2 Å². The van der Waals surface area contributed by atoms with Gasteiger partial charge in [-0.2, -0.15) is 0 Å². The molecule has 5 rings (SSSR count). The van der Waals surface area contributed by atoms with E-state index in [1.807, 2.05) is 29.2 Å². The average Bonchev–Trinajstić information content (AvgIpc) is 3.42. The number of fused-ring (bicyclic) bond motifs is 1. The number of carbonyl (C=O) groups is 1. The zero-order chi connectivity index (χ0) is 19.8. The van der Waals surface area contributed by atoms with Gasteiger partial charge in [0.2, 0.25) is 0 Å². The van der Waals surface area contributed by atoms with Crippen molar-refractivity contribution >= 4 is 33.4 Å². The molecule has 0 unspecified atom stereocenters. The summed E-state index contributed by atoms with van der Waals surface area (Å²) in [6, 6.07) is 16.1. The lowest BCUT2D eigenvalue weighted by Gasteiger charge is -2.41. The first-order valence-electron chi connectivity index (χ1n) is 9.65. The van der Waals surface area contributed by atoms with Crippen molar-refractivity contribution in [3.05, 3.63) is 77.1 Å². The smallest absolute Gasteiger partial charge is 0.253 e. The lowest BCUT2D eigenvalue weighted by atomic mass is 9.70. The normalized spacial score (nSPS) is 16.2. The van der Waals surface area contributed by atoms with Gasteiger partial charge in [-0.15, -0.1) is 11.3 Å². The number of H-pyrrole nitrogens is 1. The second-order valence-electron chi connectivity index (χ2n) is 7.45. The van der Waals surface area contributed by atoms with Crippen LogP contribution in [0.4, 0.5) is 5.13 Å². The average molecular weight is 404 g/mol. The lowest BCUT2D eigenvalue weighted by Crippen LogP contribution is -2.46. The Labute approximate surface area is 172 Å². The highest BCUT2D eigenvalue weighted by atomic mass is 32.1. The van der Waals surface area contributed by atoms with Crippen LogP contribution in [0.5, 0.6) is 0 Å². The van der Waals surface area contributed by atoms with Gasteiger partial charge in [-0.1, -0.05) is 30.3 Å². The maximum atomic E-state index is 13.1. The highest BCUT2D eigenvalue weighted by Gasteiger charge is 2.40. The summed E-state index contributed by atoms with van der Waals surface area (Å²) in [6.07, 6.45) is 3.28. The van der Waals surface area contributed by atoms with Crippen molar-refractivity contribution in [3.63, 3.8) is 0 Å². The third-order valence-corrected chi connectivity index (χ3v) is 6.58. The van der Waals surface area contributed by atoms with E-state index in [-0.39, 0.29) is 11.3 Å². The quantitative estimate of drug-likeness (QED) is 0.544. The van der Waals surface area contributed by atoms with Gasteiger partial charge in [0.05, 0.1) is 23.1 Å². The number of benzene rings is 2. The molecule has 0 radical (unpaired) electrons. The van der Waals surface area contributed by atoms with Gasteiger partial charge in [0.15, 0.2) is 5.13 Å². The van der Waals surface area contributed by atoms with Crippen molar-refractivity contribution in [1.82, 2.24) is 19.9 Å². The van der Waals surface area contributed by atoms with Gasteiger partial charge in [-0.05, 0) is 36.6 Å². The van der Waals surface area contributed by atoms with E-state index in [0.717, 1.165) is 29.6 Å². The Balaban J connectivity index is 1.42. The number of anilines is 1. The number of amides is 1. The number of aromatic amines is 1. The summed E-state index contributed by atoms with van der Waals surface area (Å²) in [5.74, 6) is 0.0564. The van der Waals surface area contributed by atoms with Gasteiger partial charge in [-0.25, -0.2) is 9.97 Å². The molecule has 2 aromatic heterocycles. The number of nitrogens with zero attached hydrogens (tertiary/aromatic N) is 3. The van der Waals surface area contributed by atoms with Crippen molar-refractivity contribution in [2.45, 2.75) is 18.3 Å². The lowest BCUT2D eigenvalue weighted by molar-refractivity contribution is 0.0684. The van der Waals surface area contributed by atoms with Gasteiger partial charge in [0.1, 0.15) is 0 Å². The van der Waals surface area contributed by atoms with E-state index >= 15 is 0 Å². The van der Waals surface area contributed by atoms with Crippen LogP contribution in [0.25, 0.3) is 11.0 Å². The first-order chi connectivity index (χ1) is 14.2. The Kier molecular flexibility index (Phi) is 4.32. The molecule has 0 spiro atoms. The topological polar surface area (TPSA) is 87.9 Å². The fraction of sp³-hybridized carbons (Fsp3) is 0.227.